The number of nitrogens with zero attached hydrogens (tertiary/aromatic N) is 2. The number of halogens is 1. The fourth-order valence-electron chi connectivity index (χ4n) is 4.85. The third-order valence-corrected chi connectivity index (χ3v) is 6.66. The second kappa shape index (κ2) is 8.26. The number of aromatic nitrogens is 1. The number of carbonyl (C=O) groups excluding carboxylic acids is 1. The number of pyridine rings is 1. The number of fused-ring (bicyclic) bond motifs is 1. The smallest absolute Gasteiger partial charge is 0.251 e. The quantitative estimate of drug-likeness (QED) is 0.626. The lowest BCUT2D eigenvalue weighted by Gasteiger charge is -2.35. The van der Waals surface area contributed by atoms with Gasteiger partial charge in [0, 0.05) is 53.3 Å². The first-order chi connectivity index (χ1) is 15.5. The van der Waals surface area contributed by atoms with E-state index >= 15 is 4.39 Å². The number of rotatable bonds is 3. The molecule has 0 spiro atoms. The Morgan fingerprint density at radius 3 is 2.72 bits per heavy atom. The van der Waals surface area contributed by atoms with E-state index in [1.54, 1.807) is 12.3 Å². The van der Waals surface area contributed by atoms with E-state index in [1.165, 1.54) is 6.42 Å². The third kappa shape index (κ3) is 3.70. The lowest BCUT2D eigenvalue weighted by molar-refractivity contribution is 0.0946. The van der Waals surface area contributed by atoms with Crippen LogP contribution < -0.4 is 16.0 Å². The standard InChI is InChI=1S/C26H27FN4O/c1-16-4-2-3-11-31(16)20-6-8-21(24(27)14-20)19-13-23(25(28)30-15-19)17-5-7-22-18(12-17)9-10-29-26(22)32/h5-8,12-16H,2-4,9-11H2,1H3,(H2,28,30)(H,29,32)/t16-/m0/s1. The van der Waals surface area contributed by atoms with E-state index in [4.69, 9.17) is 5.73 Å². The minimum Gasteiger partial charge on any atom is -0.383 e. The maximum Gasteiger partial charge on any atom is 0.251 e. The minimum absolute atomic E-state index is 0.0529. The molecule has 2 aromatic carbocycles. The van der Waals surface area contributed by atoms with Crippen LogP contribution in [-0.4, -0.2) is 30.0 Å². The highest BCUT2D eigenvalue weighted by molar-refractivity contribution is 5.97. The molecule has 2 aliphatic rings. The molecule has 1 amide bonds. The topological polar surface area (TPSA) is 71.2 Å². The van der Waals surface area contributed by atoms with Gasteiger partial charge in [-0.25, -0.2) is 9.37 Å². The molecule has 1 saturated heterocycles. The average molecular weight is 431 g/mol. The predicted molar refractivity (Wildman–Crippen MR) is 126 cm³/mol. The van der Waals surface area contributed by atoms with Crippen molar-refractivity contribution in [1.82, 2.24) is 10.3 Å². The highest BCUT2D eigenvalue weighted by atomic mass is 19.1. The fourth-order valence-corrected chi connectivity index (χ4v) is 4.85. The number of benzene rings is 2. The molecule has 5 rings (SSSR count). The summed E-state index contributed by atoms with van der Waals surface area (Å²) < 4.78 is 15.2. The number of amides is 1. The van der Waals surface area contributed by atoms with Crippen LogP contribution in [-0.2, 0) is 6.42 Å². The number of nitrogens with two attached hydrogens (primary N) is 1. The van der Waals surface area contributed by atoms with Gasteiger partial charge in [-0.2, -0.15) is 0 Å². The number of carbonyl (C=O) groups is 1. The molecule has 5 nitrogen and oxygen atoms in total. The van der Waals surface area contributed by atoms with E-state index in [-0.39, 0.29) is 11.7 Å². The summed E-state index contributed by atoms with van der Waals surface area (Å²) in [7, 11) is 0. The normalized spacial score (nSPS) is 18.2. The van der Waals surface area contributed by atoms with E-state index in [9.17, 15) is 4.79 Å². The summed E-state index contributed by atoms with van der Waals surface area (Å²) in [6, 6.07) is 13.4. The number of nitrogen functional groups attached to an aromatic ring is 1. The molecule has 0 saturated carbocycles. The fraction of sp³-hybridized carbons (Fsp3) is 0.308. The van der Waals surface area contributed by atoms with Crippen LogP contribution in [0.3, 0.4) is 0 Å². The molecule has 1 fully saturated rings. The Bertz CT molecular complexity index is 1190. The molecule has 3 aromatic rings. The molecule has 6 heteroatoms. The Kier molecular flexibility index (Phi) is 5.29. The highest BCUT2D eigenvalue weighted by Gasteiger charge is 2.21. The Balaban J connectivity index is 1.50. The van der Waals surface area contributed by atoms with E-state index < -0.39 is 0 Å². The Hall–Kier alpha value is -3.41. The van der Waals surface area contributed by atoms with Gasteiger partial charge >= 0.3 is 0 Å². The summed E-state index contributed by atoms with van der Waals surface area (Å²) >= 11 is 0. The van der Waals surface area contributed by atoms with E-state index in [0.717, 1.165) is 48.2 Å². The van der Waals surface area contributed by atoms with Crippen LogP contribution in [0.25, 0.3) is 22.3 Å². The van der Waals surface area contributed by atoms with Crippen LogP contribution in [0.5, 0.6) is 0 Å². The zero-order valence-corrected chi connectivity index (χ0v) is 18.2. The van der Waals surface area contributed by atoms with Gasteiger partial charge in [0.1, 0.15) is 11.6 Å². The van der Waals surface area contributed by atoms with Crippen molar-refractivity contribution in [3.63, 3.8) is 0 Å². The first-order valence-corrected chi connectivity index (χ1v) is 11.2. The van der Waals surface area contributed by atoms with Crippen molar-refractivity contribution in [3.05, 3.63) is 65.6 Å². The molecule has 3 N–H and O–H groups in total. The molecule has 1 atom stereocenters. The summed E-state index contributed by atoms with van der Waals surface area (Å²) in [6.07, 6.45) is 5.89. The maximum absolute atomic E-state index is 15.2. The zero-order valence-electron chi connectivity index (χ0n) is 18.2. The second-order valence-electron chi connectivity index (χ2n) is 8.74. The monoisotopic (exact) mass is 430 g/mol. The highest BCUT2D eigenvalue weighted by Crippen LogP contribution is 2.34. The van der Waals surface area contributed by atoms with Crippen LogP contribution in [0.15, 0.2) is 48.7 Å². The third-order valence-electron chi connectivity index (χ3n) is 6.66. The van der Waals surface area contributed by atoms with Crippen LogP contribution in [0.4, 0.5) is 15.9 Å². The number of hydrogen-bond acceptors (Lipinski definition) is 4. The van der Waals surface area contributed by atoms with Crippen molar-refractivity contribution in [3.8, 4) is 22.3 Å². The predicted octanol–water partition coefficient (Wildman–Crippen LogP) is 4.80. The van der Waals surface area contributed by atoms with Crippen molar-refractivity contribution < 1.29 is 9.18 Å². The minimum atomic E-state index is -0.264. The molecule has 0 bridgehead atoms. The van der Waals surface area contributed by atoms with Crippen LogP contribution in [0.1, 0.15) is 42.1 Å². The molecule has 1 aromatic heterocycles. The van der Waals surface area contributed by atoms with Crippen molar-refractivity contribution in [1.29, 1.82) is 0 Å². The Morgan fingerprint density at radius 1 is 1.06 bits per heavy atom. The SMILES string of the molecule is C[C@H]1CCCCN1c1ccc(-c2cnc(N)c(-c3ccc4c(c3)CCNC4=O)c2)c(F)c1. The summed E-state index contributed by atoms with van der Waals surface area (Å²) in [5, 5.41) is 2.86. The van der Waals surface area contributed by atoms with E-state index in [2.05, 4.69) is 22.1 Å². The van der Waals surface area contributed by atoms with Gasteiger partial charge in [-0.3, -0.25) is 4.79 Å². The molecule has 164 valence electrons. The van der Waals surface area contributed by atoms with Gasteiger partial charge in [0.2, 0.25) is 0 Å². The van der Waals surface area contributed by atoms with Gasteiger partial charge < -0.3 is 16.0 Å². The van der Waals surface area contributed by atoms with Crippen LogP contribution in [0, 0.1) is 5.82 Å². The van der Waals surface area contributed by atoms with Crippen molar-refractivity contribution in [2.45, 2.75) is 38.6 Å². The summed E-state index contributed by atoms with van der Waals surface area (Å²) in [5.41, 5.74) is 11.6. The molecular weight excluding hydrogens is 403 g/mol. The summed E-state index contributed by atoms with van der Waals surface area (Å²) in [4.78, 5) is 18.7. The number of nitrogens with one attached hydrogen (secondary N) is 1. The van der Waals surface area contributed by atoms with Gasteiger partial charge in [0.25, 0.3) is 5.91 Å². The van der Waals surface area contributed by atoms with Crippen LogP contribution >= 0.6 is 0 Å². The molecule has 0 radical (unpaired) electrons. The Labute approximate surface area is 187 Å². The first-order valence-electron chi connectivity index (χ1n) is 11.2. The van der Waals surface area contributed by atoms with Gasteiger partial charge in [0.15, 0.2) is 0 Å². The molecular formula is C26H27FN4O. The lowest BCUT2D eigenvalue weighted by Crippen LogP contribution is -2.37. The molecule has 3 heterocycles. The van der Waals surface area contributed by atoms with Gasteiger partial charge in [-0.15, -0.1) is 0 Å². The average Bonchev–Trinajstić information content (AvgIpc) is 2.80. The molecule has 0 aliphatic carbocycles. The number of hydrogen-bond donors (Lipinski definition) is 2. The van der Waals surface area contributed by atoms with E-state index in [0.29, 0.717) is 35.1 Å². The summed E-state index contributed by atoms with van der Waals surface area (Å²) in [6.45, 7) is 3.78. The van der Waals surface area contributed by atoms with Gasteiger partial charge in [-0.05, 0) is 74.1 Å². The Morgan fingerprint density at radius 2 is 1.91 bits per heavy atom. The lowest BCUT2D eigenvalue weighted by atomic mass is 9.94. The first kappa shape index (κ1) is 20.5. The number of piperidine rings is 1. The van der Waals surface area contributed by atoms with E-state index in [1.807, 2.05) is 36.4 Å². The molecule has 32 heavy (non-hydrogen) atoms. The largest absolute Gasteiger partial charge is 0.383 e. The molecule has 2 aliphatic heterocycles. The molecule has 0 unspecified atom stereocenters. The maximum atomic E-state index is 15.2. The number of anilines is 2. The van der Waals surface area contributed by atoms with Gasteiger partial charge in [0.05, 0.1) is 0 Å². The second-order valence-corrected chi connectivity index (χ2v) is 8.74. The zero-order chi connectivity index (χ0) is 22.2. The van der Waals surface area contributed by atoms with Crippen LogP contribution in [0.2, 0.25) is 0 Å². The van der Waals surface area contributed by atoms with Crippen molar-refractivity contribution in [2.75, 3.05) is 23.7 Å². The van der Waals surface area contributed by atoms with Crippen molar-refractivity contribution >= 4 is 17.4 Å². The summed E-state index contributed by atoms with van der Waals surface area (Å²) in [5.74, 6) is 0.0656. The van der Waals surface area contributed by atoms with Crippen molar-refractivity contribution in [2.24, 2.45) is 0 Å². The van der Waals surface area contributed by atoms with Gasteiger partial charge in [-0.1, -0.05) is 12.1 Å².